The minimum absolute atomic E-state index is 0.00654. The highest BCUT2D eigenvalue weighted by atomic mass is 32.2. The van der Waals surface area contributed by atoms with Crippen LogP contribution in [0.3, 0.4) is 0 Å². The zero-order valence-corrected chi connectivity index (χ0v) is 16.0. The normalized spacial score (nSPS) is 11.1. The smallest absolute Gasteiger partial charge is 0.261 e. The molecule has 0 aromatic heterocycles. The molecule has 0 aliphatic rings. The maximum atomic E-state index is 12.9. The Bertz CT molecular complexity index is 1080. The second kappa shape index (κ2) is 8.22. The maximum Gasteiger partial charge on any atom is 0.261 e. The molecule has 0 radical (unpaired) electrons. The average molecular weight is 398 g/mol. The third kappa shape index (κ3) is 4.95. The first-order valence-corrected chi connectivity index (χ1v) is 10.0. The van der Waals surface area contributed by atoms with Gasteiger partial charge in [0, 0.05) is 17.8 Å². The van der Waals surface area contributed by atoms with E-state index in [1.807, 2.05) is 31.2 Å². The van der Waals surface area contributed by atoms with Crippen molar-refractivity contribution in [3.63, 3.8) is 0 Å². The predicted octanol–water partition coefficient (Wildman–Crippen LogP) is 3.86. The monoisotopic (exact) mass is 398 g/mol. The number of nitrogens with one attached hydrogen (secondary N) is 2. The molecule has 0 unspecified atom stereocenters. The second-order valence-corrected chi connectivity index (χ2v) is 7.99. The van der Waals surface area contributed by atoms with Gasteiger partial charge in [0.25, 0.3) is 15.9 Å². The van der Waals surface area contributed by atoms with Crippen LogP contribution in [0.4, 0.5) is 10.1 Å². The van der Waals surface area contributed by atoms with Gasteiger partial charge in [0.15, 0.2) is 0 Å². The molecular formula is C21H19FN2O3S. The van der Waals surface area contributed by atoms with Crippen molar-refractivity contribution < 1.29 is 17.6 Å². The number of sulfonamides is 1. The van der Waals surface area contributed by atoms with Gasteiger partial charge in [-0.15, -0.1) is 0 Å². The van der Waals surface area contributed by atoms with Crippen molar-refractivity contribution in [2.24, 2.45) is 0 Å². The van der Waals surface area contributed by atoms with Crippen LogP contribution in [0.5, 0.6) is 0 Å². The lowest BCUT2D eigenvalue weighted by Crippen LogP contribution is -2.23. The Morgan fingerprint density at radius 2 is 1.64 bits per heavy atom. The molecule has 0 bridgehead atoms. The zero-order valence-electron chi connectivity index (χ0n) is 15.1. The quantitative estimate of drug-likeness (QED) is 0.662. The summed E-state index contributed by atoms with van der Waals surface area (Å²) in [4.78, 5) is 12.3. The molecule has 0 heterocycles. The van der Waals surface area contributed by atoms with Crippen molar-refractivity contribution in [3.05, 3.63) is 95.3 Å². The van der Waals surface area contributed by atoms with E-state index < -0.39 is 15.8 Å². The number of anilines is 1. The summed E-state index contributed by atoms with van der Waals surface area (Å²) in [5.41, 5.74) is 2.70. The summed E-state index contributed by atoms with van der Waals surface area (Å²) in [6.45, 7) is 2.36. The molecule has 3 aromatic rings. The fourth-order valence-electron chi connectivity index (χ4n) is 2.62. The van der Waals surface area contributed by atoms with Crippen molar-refractivity contribution >= 4 is 21.6 Å². The SMILES string of the molecule is Cc1cccc(CNC(=O)c2ccc(S(=O)(=O)Nc3ccc(F)cc3)cc2)c1. The molecular weight excluding hydrogens is 379 g/mol. The molecule has 5 nitrogen and oxygen atoms in total. The van der Waals surface area contributed by atoms with Crippen LogP contribution in [-0.2, 0) is 16.6 Å². The van der Waals surface area contributed by atoms with E-state index in [2.05, 4.69) is 10.0 Å². The van der Waals surface area contributed by atoms with Crippen LogP contribution >= 0.6 is 0 Å². The van der Waals surface area contributed by atoms with Gasteiger partial charge in [-0.3, -0.25) is 9.52 Å². The van der Waals surface area contributed by atoms with E-state index in [0.717, 1.165) is 11.1 Å². The number of rotatable bonds is 6. The highest BCUT2D eigenvalue weighted by Crippen LogP contribution is 2.17. The molecule has 28 heavy (non-hydrogen) atoms. The van der Waals surface area contributed by atoms with Crippen molar-refractivity contribution in [2.45, 2.75) is 18.4 Å². The largest absolute Gasteiger partial charge is 0.348 e. The number of hydrogen-bond donors (Lipinski definition) is 2. The summed E-state index contributed by atoms with van der Waals surface area (Å²) < 4.78 is 40.1. The van der Waals surface area contributed by atoms with E-state index in [4.69, 9.17) is 0 Å². The van der Waals surface area contributed by atoms with Gasteiger partial charge in [-0.05, 0) is 61.0 Å². The number of hydrogen-bond acceptors (Lipinski definition) is 3. The Kier molecular flexibility index (Phi) is 5.75. The van der Waals surface area contributed by atoms with Gasteiger partial charge in [0.2, 0.25) is 0 Å². The van der Waals surface area contributed by atoms with Crippen LogP contribution in [-0.4, -0.2) is 14.3 Å². The lowest BCUT2D eigenvalue weighted by molar-refractivity contribution is 0.0951. The van der Waals surface area contributed by atoms with E-state index in [0.29, 0.717) is 12.1 Å². The Morgan fingerprint density at radius 3 is 2.29 bits per heavy atom. The molecule has 3 aromatic carbocycles. The molecule has 7 heteroatoms. The summed E-state index contributed by atoms with van der Waals surface area (Å²) in [5.74, 6) is -0.749. The lowest BCUT2D eigenvalue weighted by Gasteiger charge is -2.09. The summed E-state index contributed by atoms with van der Waals surface area (Å²) in [5, 5.41) is 2.81. The highest BCUT2D eigenvalue weighted by Gasteiger charge is 2.15. The van der Waals surface area contributed by atoms with E-state index in [1.54, 1.807) is 0 Å². The topological polar surface area (TPSA) is 75.3 Å². The van der Waals surface area contributed by atoms with Crippen LogP contribution < -0.4 is 10.0 Å². The molecule has 0 aliphatic carbocycles. The van der Waals surface area contributed by atoms with Crippen LogP contribution in [0.2, 0.25) is 0 Å². The molecule has 0 saturated carbocycles. The van der Waals surface area contributed by atoms with E-state index >= 15 is 0 Å². The van der Waals surface area contributed by atoms with Crippen LogP contribution in [0, 0.1) is 12.7 Å². The third-order valence-corrected chi connectivity index (χ3v) is 5.46. The fraction of sp³-hybridized carbons (Fsp3) is 0.0952. The van der Waals surface area contributed by atoms with E-state index in [1.165, 1.54) is 48.5 Å². The van der Waals surface area contributed by atoms with Crippen molar-refractivity contribution in [2.75, 3.05) is 4.72 Å². The van der Waals surface area contributed by atoms with Crippen molar-refractivity contribution in [1.29, 1.82) is 0 Å². The van der Waals surface area contributed by atoms with Gasteiger partial charge in [-0.2, -0.15) is 0 Å². The first-order valence-electron chi connectivity index (χ1n) is 8.56. The predicted molar refractivity (Wildman–Crippen MR) is 106 cm³/mol. The van der Waals surface area contributed by atoms with Crippen LogP contribution in [0.25, 0.3) is 0 Å². The third-order valence-electron chi connectivity index (χ3n) is 4.06. The maximum absolute atomic E-state index is 12.9. The molecule has 0 atom stereocenters. The standard InChI is InChI=1S/C21H19FN2O3S/c1-15-3-2-4-16(13-15)14-23-21(25)17-5-11-20(12-6-17)28(26,27)24-19-9-7-18(22)8-10-19/h2-13,24H,14H2,1H3,(H,23,25). The molecule has 0 aliphatic heterocycles. The van der Waals surface area contributed by atoms with Gasteiger partial charge < -0.3 is 5.32 Å². The first kappa shape index (κ1) is 19.6. The highest BCUT2D eigenvalue weighted by molar-refractivity contribution is 7.92. The van der Waals surface area contributed by atoms with E-state index in [-0.39, 0.29) is 16.5 Å². The second-order valence-electron chi connectivity index (χ2n) is 6.31. The molecule has 0 spiro atoms. The molecule has 2 N–H and O–H groups in total. The number of carbonyl (C=O) groups excluding carboxylic acids is 1. The zero-order chi connectivity index (χ0) is 20.1. The molecule has 144 valence electrons. The van der Waals surface area contributed by atoms with Gasteiger partial charge in [0.05, 0.1) is 4.90 Å². The van der Waals surface area contributed by atoms with E-state index in [9.17, 15) is 17.6 Å². The van der Waals surface area contributed by atoms with Crippen molar-refractivity contribution in [3.8, 4) is 0 Å². The Hall–Kier alpha value is -3.19. The number of benzene rings is 3. The molecule has 3 rings (SSSR count). The number of carbonyl (C=O) groups is 1. The first-order chi connectivity index (χ1) is 13.3. The summed E-state index contributed by atoms with van der Waals surface area (Å²) in [7, 11) is -3.83. The van der Waals surface area contributed by atoms with Gasteiger partial charge in [-0.1, -0.05) is 29.8 Å². The van der Waals surface area contributed by atoms with Crippen LogP contribution in [0.15, 0.2) is 77.7 Å². The van der Waals surface area contributed by atoms with Gasteiger partial charge >= 0.3 is 0 Å². The summed E-state index contributed by atoms with van der Waals surface area (Å²) in [6, 6.07) is 18.4. The van der Waals surface area contributed by atoms with Gasteiger partial charge in [-0.25, -0.2) is 12.8 Å². The number of halogens is 1. The average Bonchev–Trinajstić information content (AvgIpc) is 2.68. The fourth-order valence-corrected chi connectivity index (χ4v) is 3.68. The Labute approximate surface area is 163 Å². The molecule has 1 amide bonds. The minimum Gasteiger partial charge on any atom is -0.348 e. The van der Waals surface area contributed by atoms with Gasteiger partial charge in [0.1, 0.15) is 5.82 Å². The summed E-state index contributed by atoms with van der Waals surface area (Å²) in [6.07, 6.45) is 0. The van der Waals surface area contributed by atoms with Crippen molar-refractivity contribution in [1.82, 2.24) is 5.32 Å². The molecule has 0 saturated heterocycles. The lowest BCUT2D eigenvalue weighted by atomic mass is 10.1. The minimum atomic E-state index is -3.83. The molecule has 0 fully saturated rings. The number of amides is 1. The summed E-state index contributed by atoms with van der Waals surface area (Å²) >= 11 is 0. The Morgan fingerprint density at radius 1 is 0.964 bits per heavy atom. The van der Waals surface area contributed by atoms with Crippen LogP contribution in [0.1, 0.15) is 21.5 Å². The Balaban J connectivity index is 1.66. The number of aryl methyl sites for hydroxylation is 1.